The minimum absolute atomic E-state index is 0.0597. The molecule has 1 aliphatic rings. The van der Waals surface area contributed by atoms with Gasteiger partial charge in [0, 0.05) is 6.54 Å². The minimum atomic E-state index is -4.55. The van der Waals surface area contributed by atoms with Crippen LogP contribution in [0.2, 0.25) is 0 Å². The second-order valence-corrected chi connectivity index (χ2v) is 6.18. The number of benzene rings is 1. The standard InChI is InChI=1S/C16H21F3N2O3/c1-15(9-22,11-4-5-11)21-14(23)20-8-10-3-6-12(24-2)7-13(10)16(17,18)19/h3,6-7,11,22H,4-5,8-9H2,1-2H3,(H2,20,21,23)/t15-/m0/s1. The maximum Gasteiger partial charge on any atom is 0.416 e. The van der Waals surface area contributed by atoms with Crippen LogP contribution in [0.25, 0.3) is 0 Å². The van der Waals surface area contributed by atoms with Crippen LogP contribution in [-0.4, -0.2) is 30.4 Å². The Balaban J connectivity index is 2.04. The lowest BCUT2D eigenvalue weighted by Crippen LogP contribution is -2.54. The molecule has 2 amide bonds. The number of carbonyl (C=O) groups is 1. The first kappa shape index (κ1) is 18.4. The SMILES string of the molecule is COc1ccc(CNC(=O)N[C@@](C)(CO)C2CC2)c(C(F)(F)F)c1. The largest absolute Gasteiger partial charge is 0.497 e. The van der Waals surface area contributed by atoms with E-state index in [0.717, 1.165) is 18.9 Å². The third-order valence-electron chi connectivity index (χ3n) is 4.27. The fourth-order valence-corrected chi connectivity index (χ4v) is 2.57. The van der Waals surface area contributed by atoms with Gasteiger partial charge in [-0.05, 0) is 43.4 Å². The molecule has 8 heteroatoms. The van der Waals surface area contributed by atoms with E-state index in [0.29, 0.717) is 0 Å². The Morgan fingerprint density at radius 2 is 2.04 bits per heavy atom. The van der Waals surface area contributed by atoms with Gasteiger partial charge < -0.3 is 20.5 Å². The van der Waals surface area contributed by atoms with Crippen LogP contribution in [0.15, 0.2) is 18.2 Å². The molecule has 1 atom stereocenters. The van der Waals surface area contributed by atoms with E-state index in [1.807, 2.05) is 0 Å². The number of alkyl halides is 3. The molecule has 0 bridgehead atoms. The molecule has 3 N–H and O–H groups in total. The van der Waals surface area contributed by atoms with Crippen LogP contribution in [0.1, 0.15) is 30.9 Å². The molecule has 5 nitrogen and oxygen atoms in total. The van der Waals surface area contributed by atoms with Gasteiger partial charge in [-0.3, -0.25) is 0 Å². The molecule has 134 valence electrons. The topological polar surface area (TPSA) is 70.6 Å². The van der Waals surface area contributed by atoms with E-state index in [-0.39, 0.29) is 30.4 Å². The molecule has 1 aromatic rings. The van der Waals surface area contributed by atoms with Crippen molar-refractivity contribution in [1.82, 2.24) is 10.6 Å². The summed E-state index contributed by atoms with van der Waals surface area (Å²) in [5.74, 6) is 0.289. The molecule has 1 fully saturated rings. The first-order valence-corrected chi connectivity index (χ1v) is 7.60. The monoisotopic (exact) mass is 346 g/mol. The summed E-state index contributed by atoms with van der Waals surface area (Å²) in [4.78, 5) is 12.0. The van der Waals surface area contributed by atoms with Gasteiger partial charge in [0.1, 0.15) is 5.75 Å². The van der Waals surface area contributed by atoms with Crippen molar-refractivity contribution in [3.8, 4) is 5.75 Å². The fourth-order valence-electron chi connectivity index (χ4n) is 2.57. The van der Waals surface area contributed by atoms with Crippen LogP contribution in [-0.2, 0) is 12.7 Å². The molecule has 0 unspecified atom stereocenters. The Hall–Kier alpha value is -1.96. The second kappa shape index (κ2) is 6.88. The second-order valence-electron chi connectivity index (χ2n) is 6.18. The highest BCUT2D eigenvalue weighted by Gasteiger charge is 2.42. The summed E-state index contributed by atoms with van der Waals surface area (Å²) in [6.45, 7) is 1.22. The highest BCUT2D eigenvalue weighted by molar-refractivity contribution is 5.75. The van der Waals surface area contributed by atoms with Crippen molar-refractivity contribution in [3.63, 3.8) is 0 Å². The van der Waals surface area contributed by atoms with Gasteiger partial charge in [0.15, 0.2) is 0 Å². The molecule has 1 saturated carbocycles. The quantitative estimate of drug-likeness (QED) is 0.742. The van der Waals surface area contributed by atoms with Crippen LogP contribution in [0.5, 0.6) is 5.75 Å². The van der Waals surface area contributed by atoms with Gasteiger partial charge in [0.25, 0.3) is 0 Å². The summed E-state index contributed by atoms with van der Waals surface area (Å²) < 4.78 is 44.2. The zero-order valence-corrected chi connectivity index (χ0v) is 13.5. The molecular formula is C16H21F3N2O3. The maximum atomic E-state index is 13.1. The van der Waals surface area contributed by atoms with E-state index in [1.54, 1.807) is 6.92 Å². The summed E-state index contributed by atoms with van der Waals surface area (Å²) >= 11 is 0. The number of hydrogen-bond acceptors (Lipinski definition) is 3. The van der Waals surface area contributed by atoms with Crippen molar-refractivity contribution in [1.29, 1.82) is 0 Å². The fraction of sp³-hybridized carbons (Fsp3) is 0.562. The molecule has 0 aromatic heterocycles. The number of hydrogen-bond donors (Lipinski definition) is 3. The number of aliphatic hydroxyl groups is 1. The third kappa shape index (κ3) is 4.31. The molecule has 2 rings (SSSR count). The van der Waals surface area contributed by atoms with E-state index < -0.39 is 23.3 Å². The number of methoxy groups -OCH3 is 1. The molecule has 0 radical (unpaired) electrons. The normalized spacial score (nSPS) is 17.1. The van der Waals surface area contributed by atoms with Gasteiger partial charge in [0.05, 0.1) is 24.8 Å². The first-order valence-electron chi connectivity index (χ1n) is 7.60. The van der Waals surface area contributed by atoms with E-state index in [2.05, 4.69) is 10.6 Å². The van der Waals surface area contributed by atoms with Gasteiger partial charge in [-0.2, -0.15) is 13.2 Å². The lowest BCUT2D eigenvalue weighted by atomic mass is 9.97. The number of rotatable bonds is 6. The van der Waals surface area contributed by atoms with E-state index in [4.69, 9.17) is 4.74 Å². The molecule has 24 heavy (non-hydrogen) atoms. The Labute approximate surface area is 138 Å². The summed E-state index contributed by atoms with van der Waals surface area (Å²) in [5.41, 5.74) is -1.67. The average Bonchev–Trinajstić information content (AvgIpc) is 3.37. The number of ether oxygens (including phenoxy) is 1. The zero-order valence-electron chi connectivity index (χ0n) is 13.5. The highest BCUT2D eigenvalue weighted by Crippen LogP contribution is 2.39. The van der Waals surface area contributed by atoms with Crippen molar-refractivity contribution in [2.24, 2.45) is 5.92 Å². The number of carbonyl (C=O) groups excluding carboxylic acids is 1. The van der Waals surface area contributed by atoms with Crippen molar-refractivity contribution < 1.29 is 27.8 Å². The minimum Gasteiger partial charge on any atom is -0.497 e. The van der Waals surface area contributed by atoms with Gasteiger partial charge in [0.2, 0.25) is 0 Å². The average molecular weight is 346 g/mol. The zero-order chi connectivity index (χ0) is 18.0. The summed E-state index contributed by atoms with van der Waals surface area (Å²) in [5, 5.41) is 14.5. The van der Waals surface area contributed by atoms with E-state index >= 15 is 0 Å². The smallest absolute Gasteiger partial charge is 0.416 e. The maximum absolute atomic E-state index is 13.1. The molecule has 0 aliphatic heterocycles. The van der Waals surface area contributed by atoms with Gasteiger partial charge >= 0.3 is 12.2 Å². The predicted molar refractivity (Wildman–Crippen MR) is 81.6 cm³/mol. The van der Waals surface area contributed by atoms with Crippen LogP contribution in [0, 0.1) is 5.92 Å². The van der Waals surface area contributed by atoms with Gasteiger partial charge in [-0.1, -0.05) is 6.07 Å². The molecule has 1 aliphatic carbocycles. The van der Waals surface area contributed by atoms with Gasteiger partial charge in [-0.15, -0.1) is 0 Å². The van der Waals surface area contributed by atoms with Crippen molar-refractivity contribution in [2.75, 3.05) is 13.7 Å². The number of urea groups is 1. The van der Waals surface area contributed by atoms with Gasteiger partial charge in [-0.25, -0.2) is 4.79 Å². The number of aliphatic hydroxyl groups excluding tert-OH is 1. The molecular weight excluding hydrogens is 325 g/mol. The Bertz CT molecular complexity index is 603. The molecule has 0 heterocycles. The number of amides is 2. The van der Waals surface area contributed by atoms with Crippen LogP contribution < -0.4 is 15.4 Å². The number of halogens is 3. The van der Waals surface area contributed by atoms with Crippen LogP contribution in [0.3, 0.4) is 0 Å². The van der Waals surface area contributed by atoms with E-state index in [1.165, 1.54) is 19.2 Å². The van der Waals surface area contributed by atoms with Crippen molar-refractivity contribution in [2.45, 2.75) is 38.0 Å². The summed E-state index contributed by atoms with van der Waals surface area (Å²) in [6.07, 6.45) is -2.72. The first-order chi connectivity index (χ1) is 11.2. The predicted octanol–water partition coefficient (Wildman–Crippen LogP) is 2.67. The lowest BCUT2D eigenvalue weighted by molar-refractivity contribution is -0.138. The summed E-state index contributed by atoms with van der Waals surface area (Å²) in [6, 6.07) is 2.97. The molecule has 0 spiro atoms. The molecule has 1 aromatic carbocycles. The summed E-state index contributed by atoms with van der Waals surface area (Å²) in [7, 11) is 1.29. The third-order valence-corrected chi connectivity index (χ3v) is 4.27. The van der Waals surface area contributed by atoms with Crippen molar-refractivity contribution >= 4 is 6.03 Å². The molecule has 0 saturated heterocycles. The lowest BCUT2D eigenvalue weighted by Gasteiger charge is -2.28. The van der Waals surface area contributed by atoms with Crippen molar-refractivity contribution in [3.05, 3.63) is 29.3 Å². The Kier molecular flexibility index (Phi) is 5.27. The van der Waals surface area contributed by atoms with Crippen LogP contribution in [0.4, 0.5) is 18.0 Å². The Morgan fingerprint density at radius 1 is 1.38 bits per heavy atom. The number of nitrogens with one attached hydrogen (secondary N) is 2. The highest BCUT2D eigenvalue weighted by atomic mass is 19.4. The van der Waals surface area contributed by atoms with Crippen LogP contribution >= 0.6 is 0 Å². The van der Waals surface area contributed by atoms with E-state index in [9.17, 15) is 23.1 Å². The Morgan fingerprint density at radius 3 is 2.54 bits per heavy atom.